The Bertz CT molecular complexity index is 358. The molecule has 2 heteroatoms. The van der Waals surface area contributed by atoms with Crippen molar-refractivity contribution >= 4 is 0 Å². The Hall–Kier alpha value is -0.860. The standard InChI is InChI=1S/C15H25NO/c1-12-6-5-7-14(13(12)2)10-16-11-15(3,4)8-9-17/h5-7,16-17H,8-11H2,1-4H3. The number of aryl methyl sites for hydroxylation is 1. The van der Waals surface area contributed by atoms with Gasteiger partial charge in [0.2, 0.25) is 0 Å². The van der Waals surface area contributed by atoms with E-state index in [1.54, 1.807) is 0 Å². The predicted molar refractivity (Wildman–Crippen MR) is 73.1 cm³/mol. The van der Waals surface area contributed by atoms with Gasteiger partial charge in [0.05, 0.1) is 0 Å². The molecule has 0 heterocycles. The molecule has 0 fully saturated rings. The molecule has 0 aliphatic heterocycles. The van der Waals surface area contributed by atoms with Crippen molar-refractivity contribution < 1.29 is 5.11 Å². The Morgan fingerprint density at radius 2 is 1.94 bits per heavy atom. The first-order valence-electron chi connectivity index (χ1n) is 6.33. The molecule has 0 aromatic heterocycles. The Morgan fingerprint density at radius 1 is 1.24 bits per heavy atom. The number of benzene rings is 1. The molecule has 0 bridgehead atoms. The van der Waals surface area contributed by atoms with Crippen LogP contribution in [0.25, 0.3) is 0 Å². The van der Waals surface area contributed by atoms with Crippen LogP contribution < -0.4 is 5.32 Å². The third-order valence-corrected chi connectivity index (χ3v) is 3.42. The van der Waals surface area contributed by atoms with E-state index in [4.69, 9.17) is 5.11 Å². The predicted octanol–water partition coefficient (Wildman–Crippen LogP) is 2.80. The molecule has 1 aromatic rings. The normalized spacial score (nSPS) is 11.8. The van der Waals surface area contributed by atoms with E-state index in [1.807, 2.05) is 0 Å². The molecule has 0 aliphatic carbocycles. The molecule has 0 amide bonds. The SMILES string of the molecule is Cc1cccc(CNCC(C)(C)CCO)c1C. The Morgan fingerprint density at radius 3 is 2.59 bits per heavy atom. The van der Waals surface area contributed by atoms with Gasteiger partial charge in [-0.05, 0) is 42.4 Å². The molecule has 1 aromatic carbocycles. The van der Waals surface area contributed by atoms with Gasteiger partial charge < -0.3 is 10.4 Å². The first-order valence-corrected chi connectivity index (χ1v) is 6.33. The summed E-state index contributed by atoms with van der Waals surface area (Å²) in [6.45, 7) is 10.8. The van der Waals surface area contributed by atoms with Gasteiger partial charge in [-0.15, -0.1) is 0 Å². The van der Waals surface area contributed by atoms with E-state index in [1.165, 1.54) is 16.7 Å². The lowest BCUT2D eigenvalue weighted by Gasteiger charge is -2.24. The molecule has 0 unspecified atom stereocenters. The minimum Gasteiger partial charge on any atom is -0.396 e. The van der Waals surface area contributed by atoms with Crippen molar-refractivity contribution in [2.45, 2.75) is 40.7 Å². The van der Waals surface area contributed by atoms with Crippen LogP contribution in [-0.2, 0) is 6.54 Å². The largest absolute Gasteiger partial charge is 0.396 e. The van der Waals surface area contributed by atoms with Gasteiger partial charge >= 0.3 is 0 Å². The third-order valence-electron chi connectivity index (χ3n) is 3.42. The lowest BCUT2D eigenvalue weighted by Crippen LogP contribution is -2.30. The Kier molecular flexibility index (Phi) is 5.16. The highest BCUT2D eigenvalue weighted by Crippen LogP contribution is 2.19. The molecule has 96 valence electrons. The molecule has 0 radical (unpaired) electrons. The maximum Gasteiger partial charge on any atom is 0.0436 e. The van der Waals surface area contributed by atoms with Crippen molar-refractivity contribution in [2.75, 3.05) is 13.2 Å². The molecular weight excluding hydrogens is 210 g/mol. The number of aliphatic hydroxyl groups is 1. The monoisotopic (exact) mass is 235 g/mol. The average molecular weight is 235 g/mol. The van der Waals surface area contributed by atoms with E-state index in [-0.39, 0.29) is 12.0 Å². The highest BCUT2D eigenvalue weighted by atomic mass is 16.3. The van der Waals surface area contributed by atoms with E-state index in [9.17, 15) is 0 Å². The zero-order valence-corrected chi connectivity index (χ0v) is 11.5. The highest BCUT2D eigenvalue weighted by molar-refractivity contribution is 5.32. The van der Waals surface area contributed by atoms with Crippen LogP contribution in [0.1, 0.15) is 37.0 Å². The molecule has 17 heavy (non-hydrogen) atoms. The summed E-state index contributed by atoms with van der Waals surface area (Å²) < 4.78 is 0. The van der Waals surface area contributed by atoms with Gasteiger partial charge in [-0.25, -0.2) is 0 Å². The van der Waals surface area contributed by atoms with Crippen LogP contribution in [-0.4, -0.2) is 18.3 Å². The molecule has 0 saturated heterocycles. The van der Waals surface area contributed by atoms with Gasteiger partial charge in [-0.1, -0.05) is 32.0 Å². The van der Waals surface area contributed by atoms with E-state index in [2.05, 4.69) is 51.2 Å². The van der Waals surface area contributed by atoms with Crippen LogP contribution in [0.5, 0.6) is 0 Å². The molecule has 0 saturated carbocycles. The lowest BCUT2D eigenvalue weighted by atomic mass is 9.89. The molecule has 0 atom stereocenters. The smallest absolute Gasteiger partial charge is 0.0436 e. The van der Waals surface area contributed by atoms with Gasteiger partial charge in [-0.3, -0.25) is 0 Å². The second kappa shape index (κ2) is 6.18. The topological polar surface area (TPSA) is 32.3 Å². The van der Waals surface area contributed by atoms with Crippen molar-refractivity contribution in [1.82, 2.24) is 5.32 Å². The second-order valence-electron chi connectivity index (χ2n) is 5.60. The highest BCUT2D eigenvalue weighted by Gasteiger charge is 2.16. The maximum absolute atomic E-state index is 8.97. The quantitative estimate of drug-likeness (QED) is 0.794. The van der Waals surface area contributed by atoms with Gasteiger partial charge in [0.1, 0.15) is 0 Å². The number of hydrogen-bond acceptors (Lipinski definition) is 2. The average Bonchev–Trinajstić information content (AvgIpc) is 2.24. The third kappa shape index (κ3) is 4.49. The summed E-state index contributed by atoms with van der Waals surface area (Å²) >= 11 is 0. The number of aliphatic hydroxyl groups excluding tert-OH is 1. The van der Waals surface area contributed by atoms with Crippen molar-refractivity contribution in [2.24, 2.45) is 5.41 Å². The number of nitrogens with one attached hydrogen (secondary N) is 1. The first kappa shape index (κ1) is 14.2. The van der Waals surface area contributed by atoms with E-state index >= 15 is 0 Å². The summed E-state index contributed by atoms with van der Waals surface area (Å²) in [5, 5.41) is 12.5. The fraction of sp³-hybridized carbons (Fsp3) is 0.600. The maximum atomic E-state index is 8.97. The van der Waals surface area contributed by atoms with Gasteiger partial charge in [-0.2, -0.15) is 0 Å². The minimum atomic E-state index is 0.159. The summed E-state index contributed by atoms with van der Waals surface area (Å²) in [5.74, 6) is 0. The summed E-state index contributed by atoms with van der Waals surface area (Å²) in [7, 11) is 0. The van der Waals surface area contributed by atoms with Gasteiger partial charge in [0.15, 0.2) is 0 Å². The molecule has 0 aliphatic rings. The van der Waals surface area contributed by atoms with Crippen molar-refractivity contribution in [1.29, 1.82) is 0 Å². The van der Waals surface area contributed by atoms with Crippen molar-refractivity contribution in [3.63, 3.8) is 0 Å². The molecule has 0 spiro atoms. The number of rotatable bonds is 6. The Labute approximate surface area is 105 Å². The summed E-state index contributed by atoms with van der Waals surface area (Å²) in [6.07, 6.45) is 0.840. The van der Waals surface area contributed by atoms with Crippen LogP contribution in [0.4, 0.5) is 0 Å². The summed E-state index contributed by atoms with van der Waals surface area (Å²) in [5.41, 5.74) is 4.25. The second-order valence-corrected chi connectivity index (χ2v) is 5.60. The van der Waals surface area contributed by atoms with Crippen LogP contribution in [0.15, 0.2) is 18.2 Å². The molecule has 1 rings (SSSR count). The summed E-state index contributed by atoms with van der Waals surface area (Å²) in [4.78, 5) is 0. The first-order chi connectivity index (χ1) is 7.96. The van der Waals surface area contributed by atoms with Crippen LogP contribution >= 0.6 is 0 Å². The van der Waals surface area contributed by atoms with Gasteiger partial charge in [0, 0.05) is 19.7 Å². The molecular formula is C15H25NO. The fourth-order valence-electron chi connectivity index (χ4n) is 1.93. The lowest BCUT2D eigenvalue weighted by molar-refractivity contribution is 0.207. The molecule has 2 nitrogen and oxygen atoms in total. The minimum absolute atomic E-state index is 0.159. The molecule has 2 N–H and O–H groups in total. The summed E-state index contributed by atoms with van der Waals surface area (Å²) in [6, 6.07) is 6.43. The zero-order chi connectivity index (χ0) is 12.9. The van der Waals surface area contributed by atoms with Crippen molar-refractivity contribution in [3.05, 3.63) is 34.9 Å². The number of hydrogen-bond donors (Lipinski definition) is 2. The van der Waals surface area contributed by atoms with Crippen LogP contribution in [0, 0.1) is 19.3 Å². The van der Waals surface area contributed by atoms with E-state index in [0.717, 1.165) is 19.5 Å². The fourth-order valence-corrected chi connectivity index (χ4v) is 1.93. The zero-order valence-electron chi connectivity index (χ0n) is 11.5. The van der Waals surface area contributed by atoms with Gasteiger partial charge in [0.25, 0.3) is 0 Å². The Balaban J connectivity index is 2.49. The van der Waals surface area contributed by atoms with Crippen LogP contribution in [0.2, 0.25) is 0 Å². The van der Waals surface area contributed by atoms with E-state index < -0.39 is 0 Å². The van der Waals surface area contributed by atoms with E-state index in [0.29, 0.717) is 0 Å². The van der Waals surface area contributed by atoms with Crippen LogP contribution in [0.3, 0.4) is 0 Å². The van der Waals surface area contributed by atoms with Crippen molar-refractivity contribution in [3.8, 4) is 0 Å².